The molecule has 1 fully saturated rings. The Kier molecular flexibility index (Phi) is 3.90. The summed E-state index contributed by atoms with van der Waals surface area (Å²) in [4.78, 5) is 22.2. The maximum absolute atomic E-state index is 13.8. The third kappa shape index (κ3) is 2.61. The van der Waals surface area contributed by atoms with Crippen molar-refractivity contribution in [1.82, 2.24) is 19.6 Å². The van der Waals surface area contributed by atoms with E-state index in [9.17, 15) is 9.18 Å². The number of rotatable bonds is 4. The highest BCUT2D eigenvalue weighted by Crippen LogP contribution is 2.38. The Hall–Kier alpha value is -3.23. The molecule has 1 amide bonds. The summed E-state index contributed by atoms with van der Waals surface area (Å²) in [7, 11) is 1.51. The van der Waals surface area contributed by atoms with Gasteiger partial charge in [-0.3, -0.25) is 4.79 Å². The van der Waals surface area contributed by atoms with Crippen LogP contribution in [0.4, 0.5) is 10.2 Å². The highest BCUT2D eigenvalue weighted by molar-refractivity contribution is 5.98. The zero-order chi connectivity index (χ0) is 18.3. The van der Waals surface area contributed by atoms with Gasteiger partial charge in [-0.2, -0.15) is 5.10 Å². The van der Waals surface area contributed by atoms with Crippen molar-refractivity contribution in [2.24, 2.45) is 5.73 Å². The van der Waals surface area contributed by atoms with Crippen molar-refractivity contribution in [1.29, 1.82) is 0 Å². The van der Waals surface area contributed by atoms with Gasteiger partial charge in [0.1, 0.15) is 17.2 Å². The van der Waals surface area contributed by atoms with Crippen molar-refractivity contribution >= 4 is 17.4 Å². The van der Waals surface area contributed by atoms with Gasteiger partial charge in [0.25, 0.3) is 5.91 Å². The van der Waals surface area contributed by atoms with Gasteiger partial charge in [-0.15, -0.1) is 0 Å². The number of hydrogen-bond acceptors (Lipinski definition) is 6. The molecule has 0 spiro atoms. The number of carbonyl (C=O) groups is 1. The second-order valence-electron chi connectivity index (χ2n) is 6.08. The van der Waals surface area contributed by atoms with Gasteiger partial charge >= 0.3 is 0 Å². The van der Waals surface area contributed by atoms with Crippen LogP contribution in [0.3, 0.4) is 0 Å². The molecular weight excluding hydrogens is 339 g/mol. The van der Waals surface area contributed by atoms with Gasteiger partial charge in [0, 0.05) is 18.3 Å². The lowest BCUT2D eigenvalue weighted by molar-refractivity contribution is 0.100. The first kappa shape index (κ1) is 16.2. The molecule has 134 valence electrons. The Morgan fingerprint density at radius 3 is 3.04 bits per heavy atom. The van der Waals surface area contributed by atoms with E-state index in [2.05, 4.69) is 20.0 Å². The lowest BCUT2D eigenvalue weighted by Crippen LogP contribution is -2.24. The van der Waals surface area contributed by atoms with E-state index >= 15 is 0 Å². The number of aromatic nitrogens is 4. The molecule has 4 rings (SSSR count). The van der Waals surface area contributed by atoms with Crippen LogP contribution in [0.1, 0.15) is 34.8 Å². The van der Waals surface area contributed by atoms with Gasteiger partial charge in [-0.1, -0.05) is 0 Å². The van der Waals surface area contributed by atoms with Gasteiger partial charge in [-0.25, -0.2) is 18.9 Å². The van der Waals surface area contributed by atoms with Crippen LogP contribution in [-0.2, 0) is 0 Å². The Morgan fingerprint density at radius 2 is 2.27 bits per heavy atom. The molecule has 8 nitrogen and oxygen atoms in total. The summed E-state index contributed by atoms with van der Waals surface area (Å²) in [6.45, 7) is 0.744. The van der Waals surface area contributed by atoms with E-state index in [0.717, 1.165) is 25.6 Å². The number of nitrogens with two attached hydrogens (primary N) is 1. The molecule has 1 atom stereocenters. The molecule has 0 bridgehead atoms. The van der Waals surface area contributed by atoms with Crippen molar-refractivity contribution in [3.63, 3.8) is 0 Å². The molecule has 1 aliphatic rings. The minimum atomic E-state index is -0.585. The standard InChI is InChI=1S/C17H17FN6O2/c1-26-17-11(7-10(18)8-20-17)13-3-2-5-23(13)14-4-6-24-16(22-14)12(9-21-24)15(19)25/h4,6-9,13H,2-3,5H2,1H3,(H2,19,25)/t13-/m1/s1. The van der Waals surface area contributed by atoms with Crippen LogP contribution >= 0.6 is 0 Å². The molecule has 0 saturated carbocycles. The number of amides is 1. The summed E-state index contributed by atoms with van der Waals surface area (Å²) in [6, 6.07) is 3.13. The highest BCUT2D eigenvalue weighted by atomic mass is 19.1. The second kappa shape index (κ2) is 6.25. The van der Waals surface area contributed by atoms with Crippen molar-refractivity contribution in [3.8, 4) is 5.88 Å². The zero-order valence-electron chi connectivity index (χ0n) is 14.1. The number of hydrogen-bond donors (Lipinski definition) is 1. The first-order chi connectivity index (χ1) is 12.6. The second-order valence-corrected chi connectivity index (χ2v) is 6.08. The van der Waals surface area contributed by atoms with Crippen LogP contribution < -0.4 is 15.4 Å². The Labute approximate surface area is 148 Å². The number of carbonyl (C=O) groups excluding carboxylic acids is 1. The van der Waals surface area contributed by atoms with E-state index in [4.69, 9.17) is 10.5 Å². The fourth-order valence-electron chi connectivity index (χ4n) is 3.41. The molecular formula is C17H17FN6O2. The number of primary amides is 1. The van der Waals surface area contributed by atoms with Crippen molar-refractivity contribution < 1.29 is 13.9 Å². The average Bonchev–Trinajstić information content (AvgIpc) is 3.28. The van der Waals surface area contributed by atoms with Crippen molar-refractivity contribution in [3.05, 3.63) is 47.7 Å². The van der Waals surface area contributed by atoms with Crippen LogP contribution in [0, 0.1) is 5.82 Å². The fraction of sp³-hybridized carbons (Fsp3) is 0.294. The summed E-state index contributed by atoms with van der Waals surface area (Å²) in [5.41, 5.74) is 6.72. The molecule has 1 aliphatic heterocycles. The fourth-order valence-corrected chi connectivity index (χ4v) is 3.41. The maximum atomic E-state index is 13.8. The molecule has 3 aromatic rings. The molecule has 0 aliphatic carbocycles. The van der Waals surface area contributed by atoms with Crippen LogP contribution in [0.5, 0.6) is 5.88 Å². The quantitative estimate of drug-likeness (QED) is 0.764. The minimum absolute atomic E-state index is 0.122. The predicted molar refractivity (Wildman–Crippen MR) is 91.6 cm³/mol. The van der Waals surface area contributed by atoms with Crippen LogP contribution in [0.15, 0.2) is 30.7 Å². The van der Waals surface area contributed by atoms with E-state index < -0.39 is 11.7 Å². The third-order valence-electron chi connectivity index (χ3n) is 4.56. The summed E-state index contributed by atoms with van der Waals surface area (Å²) in [5.74, 6) is 0.0577. The van der Waals surface area contributed by atoms with Crippen LogP contribution in [-0.4, -0.2) is 39.1 Å². The van der Waals surface area contributed by atoms with Crippen LogP contribution in [0.2, 0.25) is 0 Å². The summed E-state index contributed by atoms with van der Waals surface area (Å²) < 4.78 is 20.6. The lowest BCUT2D eigenvalue weighted by atomic mass is 10.1. The molecule has 2 N–H and O–H groups in total. The Morgan fingerprint density at radius 1 is 1.42 bits per heavy atom. The normalized spacial score (nSPS) is 17.0. The molecule has 26 heavy (non-hydrogen) atoms. The topological polar surface area (TPSA) is 98.6 Å². The van der Waals surface area contributed by atoms with E-state index in [-0.39, 0.29) is 11.6 Å². The molecule has 0 unspecified atom stereocenters. The highest BCUT2D eigenvalue weighted by Gasteiger charge is 2.31. The van der Waals surface area contributed by atoms with E-state index in [0.29, 0.717) is 22.9 Å². The molecule has 4 heterocycles. The smallest absolute Gasteiger partial charge is 0.254 e. The molecule has 0 aromatic carbocycles. The van der Waals surface area contributed by atoms with Crippen molar-refractivity contribution in [2.75, 3.05) is 18.6 Å². The number of nitrogens with zero attached hydrogens (tertiary/aromatic N) is 5. The van der Waals surface area contributed by atoms with E-state index in [1.165, 1.54) is 23.9 Å². The Balaban J connectivity index is 1.77. The summed E-state index contributed by atoms with van der Waals surface area (Å²) in [5, 5.41) is 4.08. The largest absolute Gasteiger partial charge is 0.481 e. The number of halogens is 1. The number of methoxy groups -OCH3 is 1. The van der Waals surface area contributed by atoms with Gasteiger partial charge in [0.2, 0.25) is 5.88 Å². The van der Waals surface area contributed by atoms with Gasteiger partial charge in [0.15, 0.2) is 5.65 Å². The SMILES string of the molecule is COc1ncc(F)cc1[C@H]1CCCN1c1ccn2ncc(C(N)=O)c2n1. The summed E-state index contributed by atoms with van der Waals surface area (Å²) >= 11 is 0. The minimum Gasteiger partial charge on any atom is -0.481 e. The third-order valence-corrected chi connectivity index (χ3v) is 4.56. The predicted octanol–water partition coefficient (Wildman–Crippen LogP) is 1.71. The molecule has 9 heteroatoms. The van der Waals surface area contributed by atoms with Gasteiger partial charge in [0.05, 0.1) is 25.5 Å². The number of ether oxygens (including phenoxy) is 1. The first-order valence-corrected chi connectivity index (χ1v) is 8.18. The summed E-state index contributed by atoms with van der Waals surface area (Å²) in [6.07, 6.45) is 5.99. The number of fused-ring (bicyclic) bond motifs is 1. The van der Waals surface area contributed by atoms with Gasteiger partial charge in [-0.05, 0) is 25.0 Å². The van der Waals surface area contributed by atoms with E-state index in [1.54, 1.807) is 6.20 Å². The zero-order valence-corrected chi connectivity index (χ0v) is 14.1. The Bertz CT molecular complexity index is 989. The monoisotopic (exact) mass is 356 g/mol. The maximum Gasteiger partial charge on any atom is 0.254 e. The molecule has 3 aromatic heterocycles. The van der Waals surface area contributed by atoms with E-state index in [1.807, 2.05) is 6.07 Å². The van der Waals surface area contributed by atoms with Crippen LogP contribution in [0.25, 0.3) is 5.65 Å². The number of pyridine rings is 1. The average molecular weight is 356 g/mol. The van der Waals surface area contributed by atoms with Gasteiger partial charge < -0.3 is 15.4 Å². The number of anilines is 1. The molecule has 0 radical (unpaired) electrons. The molecule has 1 saturated heterocycles. The van der Waals surface area contributed by atoms with Crippen molar-refractivity contribution in [2.45, 2.75) is 18.9 Å². The lowest BCUT2D eigenvalue weighted by Gasteiger charge is -2.26. The first-order valence-electron chi connectivity index (χ1n) is 8.18.